The van der Waals surface area contributed by atoms with Crippen LogP contribution in [-0.2, 0) is 0 Å². The Morgan fingerprint density at radius 3 is 2.44 bits per heavy atom. The maximum absolute atomic E-state index is 11.0. The van der Waals surface area contributed by atoms with Gasteiger partial charge < -0.3 is 4.74 Å². The summed E-state index contributed by atoms with van der Waals surface area (Å²) in [5.74, 6) is 0.170. The monoisotopic (exact) mass is 222 g/mol. The van der Waals surface area contributed by atoms with Crippen molar-refractivity contribution in [2.24, 2.45) is 0 Å². The van der Waals surface area contributed by atoms with Gasteiger partial charge in [-0.2, -0.15) is 0 Å². The summed E-state index contributed by atoms with van der Waals surface area (Å²) in [5, 5.41) is 11.0. The van der Waals surface area contributed by atoms with E-state index in [4.69, 9.17) is 4.74 Å². The number of nitro benzene ring substituents is 1. The van der Waals surface area contributed by atoms with E-state index >= 15 is 0 Å². The third kappa shape index (κ3) is 2.72. The summed E-state index contributed by atoms with van der Waals surface area (Å²) in [4.78, 5) is 10.6. The Bertz CT molecular complexity index is 386. The van der Waals surface area contributed by atoms with Gasteiger partial charge in [0, 0.05) is 5.56 Å². The van der Waals surface area contributed by atoms with Crippen LogP contribution in [0.2, 0.25) is 0 Å². The lowest BCUT2D eigenvalue weighted by Gasteiger charge is -2.13. The number of para-hydroxylation sites is 1. The van der Waals surface area contributed by atoms with Crippen LogP contribution in [0.25, 0.3) is 0 Å². The molecule has 0 aromatic heterocycles. The maximum atomic E-state index is 11.0. The molecule has 1 rings (SSSR count). The van der Waals surface area contributed by atoms with E-state index < -0.39 is 4.92 Å². The Morgan fingerprint density at radius 1 is 1.38 bits per heavy atom. The van der Waals surface area contributed by atoms with Crippen molar-refractivity contribution in [3.8, 4) is 5.75 Å². The fourth-order valence-corrected chi connectivity index (χ4v) is 1.48. The molecule has 0 heterocycles. The molecule has 0 N–H and O–H groups in total. The number of hydrogen-bond acceptors (Lipinski definition) is 3. The summed E-state index contributed by atoms with van der Waals surface area (Å²) in [6.45, 7) is 9.31. The van der Waals surface area contributed by atoms with E-state index in [2.05, 4.69) is 6.92 Å². The van der Waals surface area contributed by atoms with Crippen molar-refractivity contribution in [2.75, 3.05) is 0 Å². The van der Waals surface area contributed by atoms with E-state index in [1.807, 2.05) is 20.8 Å². The highest BCUT2D eigenvalue weighted by atomic mass is 16.6. The van der Waals surface area contributed by atoms with Crippen molar-refractivity contribution in [1.82, 2.24) is 0 Å². The second-order valence-electron chi connectivity index (χ2n) is 4.02. The fraction of sp³-hybridized carbons (Fsp3) is 0.417. The first kappa shape index (κ1) is 12.5. The van der Waals surface area contributed by atoms with Crippen LogP contribution < -0.4 is 4.74 Å². The molecule has 0 saturated heterocycles. The molecule has 0 spiro atoms. The molecule has 0 fully saturated rings. The minimum Gasteiger partial charge on any atom is -0.484 e. The lowest BCUT2D eigenvalue weighted by molar-refractivity contribution is -0.386. The van der Waals surface area contributed by atoms with Gasteiger partial charge >= 0.3 is 5.69 Å². The van der Waals surface area contributed by atoms with Crippen LogP contribution in [-0.4, -0.2) is 11.0 Å². The first-order valence-electron chi connectivity index (χ1n) is 5.20. The Kier molecular flexibility index (Phi) is 3.88. The molecule has 0 aliphatic carbocycles. The predicted molar refractivity (Wildman–Crippen MR) is 62.6 cm³/mol. The number of nitro groups is 1. The van der Waals surface area contributed by atoms with Crippen molar-refractivity contribution in [3.05, 3.63) is 40.8 Å². The van der Waals surface area contributed by atoms with Crippen molar-refractivity contribution in [2.45, 2.75) is 32.8 Å². The van der Waals surface area contributed by atoms with Gasteiger partial charge in [0.25, 0.3) is 0 Å². The molecule has 0 aliphatic heterocycles. The van der Waals surface area contributed by atoms with Gasteiger partial charge in [0.05, 0.1) is 11.0 Å². The number of benzene rings is 1. The first-order chi connectivity index (χ1) is 7.43. The normalized spacial score (nSPS) is 10.9. The molecular weight excluding hydrogens is 206 g/mol. The summed E-state index contributed by atoms with van der Waals surface area (Å²) >= 11 is 0. The van der Waals surface area contributed by atoms with E-state index in [1.165, 1.54) is 0 Å². The first-order valence-corrected chi connectivity index (χ1v) is 5.20. The van der Waals surface area contributed by atoms with Crippen LogP contribution in [0.5, 0.6) is 5.75 Å². The van der Waals surface area contributed by atoms with Crippen LogP contribution in [0.15, 0.2) is 18.2 Å². The summed E-state index contributed by atoms with van der Waals surface area (Å²) in [5.41, 5.74) is 0.627. The second-order valence-corrected chi connectivity index (χ2v) is 4.02. The molecule has 0 saturated carbocycles. The van der Waals surface area contributed by atoms with Crippen molar-refractivity contribution >= 4 is 5.69 Å². The molecule has 1 aromatic carbocycles. The molecule has 1 unspecified atom stereocenters. The molecular formula is C12H16NO3. The highest BCUT2D eigenvalue weighted by molar-refractivity contribution is 5.54. The molecule has 0 aliphatic rings. The third-order valence-corrected chi connectivity index (χ3v) is 2.11. The van der Waals surface area contributed by atoms with Gasteiger partial charge in [-0.25, -0.2) is 0 Å². The van der Waals surface area contributed by atoms with Gasteiger partial charge in [-0.1, -0.05) is 19.1 Å². The summed E-state index contributed by atoms with van der Waals surface area (Å²) in [6, 6.07) is 5.08. The van der Waals surface area contributed by atoms with Gasteiger partial charge in [0.1, 0.15) is 0 Å². The Morgan fingerprint density at radius 2 is 2.00 bits per heavy atom. The Balaban J connectivity index is 3.27. The smallest absolute Gasteiger partial charge is 0.314 e. The minimum absolute atomic E-state index is 0.0266. The molecule has 4 heteroatoms. The van der Waals surface area contributed by atoms with E-state index in [0.29, 0.717) is 11.3 Å². The molecule has 0 bridgehead atoms. The zero-order chi connectivity index (χ0) is 12.3. The van der Waals surface area contributed by atoms with Crippen molar-refractivity contribution < 1.29 is 9.66 Å². The summed E-state index contributed by atoms with van der Waals surface area (Å²) < 4.78 is 5.43. The van der Waals surface area contributed by atoms with Crippen LogP contribution in [0, 0.1) is 17.0 Å². The van der Waals surface area contributed by atoms with E-state index in [-0.39, 0.29) is 17.7 Å². The third-order valence-electron chi connectivity index (χ3n) is 2.11. The molecule has 16 heavy (non-hydrogen) atoms. The predicted octanol–water partition coefficient (Wildman–Crippen LogP) is 3.32. The minimum atomic E-state index is -0.408. The van der Waals surface area contributed by atoms with Gasteiger partial charge in [-0.3, -0.25) is 10.1 Å². The van der Waals surface area contributed by atoms with Crippen molar-refractivity contribution in [3.63, 3.8) is 0 Å². The highest BCUT2D eigenvalue weighted by Gasteiger charge is 2.23. The van der Waals surface area contributed by atoms with Crippen LogP contribution in [0.3, 0.4) is 0 Å². The highest BCUT2D eigenvalue weighted by Crippen LogP contribution is 2.35. The molecule has 1 radical (unpaired) electrons. The summed E-state index contributed by atoms with van der Waals surface area (Å²) in [6.07, 6.45) is -0.0888. The van der Waals surface area contributed by atoms with Crippen LogP contribution in [0.4, 0.5) is 5.69 Å². The van der Waals surface area contributed by atoms with Crippen LogP contribution >= 0.6 is 0 Å². The summed E-state index contributed by atoms with van der Waals surface area (Å²) in [7, 11) is 0. The van der Waals surface area contributed by atoms with Crippen LogP contribution in [0.1, 0.15) is 32.3 Å². The molecule has 1 aromatic rings. The topological polar surface area (TPSA) is 52.4 Å². The van der Waals surface area contributed by atoms with Gasteiger partial charge in [0.15, 0.2) is 5.75 Å². The number of nitrogens with zero attached hydrogens (tertiary/aromatic N) is 1. The zero-order valence-corrected chi connectivity index (χ0v) is 9.77. The lowest BCUT2D eigenvalue weighted by atomic mass is 10.0. The van der Waals surface area contributed by atoms with E-state index in [1.54, 1.807) is 18.2 Å². The number of rotatable bonds is 4. The lowest BCUT2D eigenvalue weighted by Crippen LogP contribution is -2.09. The fourth-order valence-electron chi connectivity index (χ4n) is 1.48. The standard InChI is InChI=1S/C12H16NO3/c1-8(2)10-6-5-7-11(16-9(3)4)12(10)13(14)15/h5-9H,1H2,2-4H3. The SMILES string of the molecule is [CH2]C(C)c1cccc(OC(C)C)c1[N+](=O)[O-]. The average Bonchev–Trinajstić information content (AvgIpc) is 2.15. The number of ether oxygens (including phenoxy) is 1. The molecule has 87 valence electrons. The zero-order valence-electron chi connectivity index (χ0n) is 9.77. The Hall–Kier alpha value is -1.58. The Labute approximate surface area is 95.4 Å². The average molecular weight is 222 g/mol. The molecule has 1 atom stereocenters. The largest absolute Gasteiger partial charge is 0.484 e. The van der Waals surface area contributed by atoms with Gasteiger partial charge in [-0.15, -0.1) is 0 Å². The molecule has 0 amide bonds. The number of hydrogen-bond donors (Lipinski definition) is 0. The van der Waals surface area contributed by atoms with Gasteiger partial charge in [0.2, 0.25) is 0 Å². The quantitative estimate of drug-likeness (QED) is 0.580. The van der Waals surface area contributed by atoms with E-state index in [9.17, 15) is 10.1 Å². The van der Waals surface area contributed by atoms with Gasteiger partial charge in [-0.05, 0) is 32.8 Å². The van der Waals surface area contributed by atoms with Crippen molar-refractivity contribution in [1.29, 1.82) is 0 Å². The maximum Gasteiger partial charge on any atom is 0.314 e. The van der Waals surface area contributed by atoms with E-state index in [0.717, 1.165) is 0 Å². The molecule has 4 nitrogen and oxygen atoms in total. The second kappa shape index (κ2) is 4.96.